The van der Waals surface area contributed by atoms with E-state index >= 15 is 0 Å². The molecule has 2 aromatic rings. The zero-order valence-corrected chi connectivity index (χ0v) is 11.5. The van der Waals surface area contributed by atoms with Crippen LogP contribution in [0.1, 0.15) is 26.2 Å². The number of fused-ring (bicyclic) bond motifs is 1. The molecule has 1 aliphatic heterocycles. The number of nitrogens with zero attached hydrogens (tertiary/aromatic N) is 3. The summed E-state index contributed by atoms with van der Waals surface area (Å²) in [6.45, 7) is 5.77. The molecule has 3 rings (SSSR count). The minimum absolute atomic E-state index is 0.631. The molecule has 2 heterocycles. The Kier molecular flexibility index (Phi) is 3.42. The van der Waals surface area contributed by atoms with Gasteiger partial charge in [-0.2, -0.15) is 5.10 Å². The predicted octanol–water partition coefficient (Wildman–Crippen LogP) is 2.49. The zero-order valence-electron chi connectivity index (χ0n) is 11.5. The van der Waals surface area contributed by atoms with Gasteiger partial charge < -0.3 is 10.6 Å². The highest BCUT2D eigenvalue weighted by Gasteiger charge is 2.18. The second-order valence-corrected chi connectivity index (χ2v) is 5.51. The number of rotatable bonds is 4. The number of aromatic nitrogens is 2. The third-order valence-electron chi connectivity index (χ3n) is 4.21. The molecule has 1 unspecified atom stereocenters. The van der Waals surface area contributed by atoms with E-state index in [2.05, 4.69) is 27.7 Å². The van der Waals surface area contributed by atoms with E-state index in [4.69, 9.17) is 5.73 Å². The highest BCUT2D eigenvalue weighted by molar-refractivity contribution is 5.88. The van der Waals surface area contributed by atoms with Gasteiger partial charge in [-0.05, 0) is 51.4 Å². The standard InChI is InChI=1S/C15H22N4/c1-12(18-9-4-5-10-18)8-11-19-14-7-3-2-6-13(14)15(16)17-19/h2-3,6-7,12H,4-5,8-11H2,1H3,(H2,16,17). The van der Waals surface area contributed by atoms with E-state index < -0.39 is 0 Å². The molecule has 1 aromatic heterocycles. The van der Waals surface area contributed by atoms with Crippen molar-refractivity contribution in [2.24, 2.45) is 0 Å². The van der Waals surface area contributed by atoms with Gasteiger partial charge in [-0.1, -0.05) is 12.1 Å². The quantitative estimate of drug-likeness (QED) is 0.916. The lowest BCUT2D eigenvalue weighted by atomic mass is 10.2. The Morgan fingerprint density at radius 3 is 2.79 bits per heavy atom. The monoisotopic (exact) mass is 258 g/mol. The molecule has 1 saturated heterocycles. The van der Waals surface area contributed by atoms with Crippen LogP contribution in [0.25, 0.3) is 10.9 Å². The number of para-hydroxylation sites is 1. The molecule has 1 aromatic carbocycles. The molecular weight excluding hydrogens is 236 g/mol. The number of nitrogen functional groups attached to an aromatic ring is 1. The van der Waals surface area contributed by atoms with Crippen LogP contribution in [0.4, 0.5) is 5.82 Å². The molecule has 1 fully saturated rings. The fraction of sp³-hybridized carbons (Fsp3) is 0.533. The fourth-order valence-electron chi connectivity index (χ4n) is 3.00. The second kappa shape index (κ2) is 5.21. The van der Waals surface area contributed by atoms with Crippen LogP contribution in [0, 0.1) is 0 Å². The van der Waals surface area contributed by atoms with Crippen LogP contribution in [-0.2, 0) is 6.54 Å². The van der Waals surface area contributed by atoms with Gasteiger partial charge in [-0.25, -0.2) is 0 Å². The Labute approximate surface area is 114 Å². The Bertz CT molecular complexity index is 554. The molecule has 4 nitrogen and oxygen atoms in total. The van der Waals surface area contributed by atoms with E-state index in [9.17, 15) is 0 Å². The summed E-state index contributed by atoms with van der Waals surface area (Å²) in [5, 5.41) is 5.53. The summed E-state index contributed by atoms with van der Waals surface area (Å²) in [5.74, 6) is 0.643. The molecule has 0 radical (unpaired) electrons. The van der Waals surface area contributed by atoms with Gasteiger partial charge in [-0.3, -0.25) is 4.68 Å². The average Bonchev–Trinajstić information content (AvgIpc) is 3.06. The first-order valence-electron chi connectivity index (χ1n) is 7.21. The third-order valence-corrected chi connectivity index (χ3v) is 4.21. The average molecular weight is 258 g/mol. The molecule has 1 atom stereocenters. The number of aryl methyl sites for hydroxylation is 1. The maximum atomic E-state index is 5.96. The van der Waals surface area contributed by atoms with Crippen molar-refractivity contribution >= 4 is 16.7 Å². The Balaban J connectivity index is 1.71. The topological polar surface area (TPSA) is 47.1 Å². The number of hydrogen-bond acceptors (Lipinski definition) is 3. The number of benzene rings is 1. The summed E-state index contributed by atoms with van der Waals surface area (Å²) in [5.41, 5.74) is 7.11. The van der Waals surface area contributed by atoms with Crippen molar-refractivity contribution in [1.82, 2.24) is 14.7 Å². The van der Waals surface area contributed by atoms with Gasteiger partial charge in [0.1, 0.15) is 0 Å². The normalized spacial score (nSPS) is 18.2. The summed E-state index contributed by atoms with van der Waals surface area (Å²) < 4.78 is 2.05. The van der Waals surface area contributed by atoms with Crippen LogP contribution in [0.3, 0.4) is 0 Å². The molecular formula is C15H22N4. The Morgan fingerprint density at radius 1 is 1.26 bits per heavy atom. The summed E-state index contributed by atoms with van der Waals surface area (Å²) in [7, 11) is 0. The van der Waals surface area contributed by atoms with Crippen LogP contribution in [-0.4, -0.2) is 33.8 Å². The van der Waals surface area contributed by atoms with E-state index in [0.717, 1.165) is 23.9 Å². The summed E-state index contributed by atoms with van der Waals surface area (Å²) in [4.78, 5) is 2.58. The highest BCUT2D eigenvalue weighted by Crippen LogP contribution is 2.21. The van der Waals surface area contributed by atoms with E-state index in [1.165, 1.54) is 25.9 Å². The van der Waals surface area contributed by atoms with E-state index in [0.29, 0.717) is 11.9 Å². The van der Waals surface area contributed by atoms with E-state index in [1.54, 1.807) is 0 Å². The van der Waals surface area contributed by atoms with Crippen molar-refractivity contribution in [1.29, 1.82) is 0 Å². The van der Waals surface area contributed by atoms with E-state index in [1.807, 2.05) is 18.2 Å². The Morgan fingerprint density at radius 2 is 2.00 bits per heavy atom. The highest BCUT2D eigenvalue weighted by atomic mass is 15.3. The predicted molar refractivity (Wildman–Crippen MR) is 79.0 cm³/mol. The smallest absolute Gasteiger partial charge is 0.153 e. The number of anilines is 1. The molecule has 0 amide bonds. The SMILES string of the molecule is CC(CCn1nc(N)c2ccccc21)N1CCCC1. The van der Waals surface area contributed by atoms with Crippen molar-refractivity contribution in [3.63, 3.8) is 0 Å². The first-order chi connectivity index (χ1) is 9.25. The molecule has 4 heteroatoms. The fourth-order valence-corrected chi connectivity index (χ4v) is 3.00. The van der Waals surface area contributed by atoms with Crippen molar-refractivity contribution in [2.75, 3.05) is 18.8 Å². The van der Waals surface area contributed by atoms with Gasteiger partial charge in [0.25, 0.3) is 0 Å². The third kappa shape index (κ3) is 2.45. The number of likely N-dealkylation sites (tertiary alicyclic amines) is 1. The van der Waals surface area contributed by atoms with Crippen LogP contribution in [0.2, 0.25) is 0 Å². The number of hydrogen-bond donors (Lipinski definition) is 1. The molecule has 2 N–H and O–H groups in total. The van der Waals surface area contributed by atoms with E-state index in [-0.39, 0.29) is 0 Å². The molecule has 0 saturated carbocycles. The van der Waals surface area contributed by atoms with Gasteiger partial charge in [0.2, 0.25) is 0 Å². The minimum Gasteiger partial charge on any atom is -0.382 e. The maximum Gasteiger partial charge on any atom is 0.153 e. The van der Waals surface area contributed by atoms with Crippen LogP contribution in [0.5, 0.6) is 0 Å². The summed E-state index contributed by atoms with van der Waals surface area (Å²) >= 11 is 0. The molecule has 0 bridgehead atoms. The van der Waals surface area contributed by atoms with Gasteiger partial charge in [-0.15, -0.1) is 0 Å². The van der Waals surface area contributed by atoms with Crippen LogP contribution < -0.4 is 5.73 Å². The zero-order chi connectivity index (χ0) is 13.2. The molecule has 0 aliphatic carbocycles. The molecule has 1 aliphatic rings. The van der Waals surface area contributed by atoms with Crippen molar-refractivity contribution in [3.8, 4) is 0 Å². The van der Waals surface area contributed by atoms with Crippen LogP contribution in [0.15, 0.2) is 24.3 Å². The lowest BCUT2D eigenvalue weighted by molar-refractivity contribution is 0.238. The molecule has 0 spiro atoms. The van der Waals surface area contributed by atoms with Gasteiger partial charge >= 0.3 is 0 Å². The van der Waals surface area contributed by atoms with Crippen molar-refractivity contribution in [3.05, 3.63) is 24.3 Å². The lowest BCUT2D eigenvalue weighted by Gasteiger charge is -2.23. The minimum atomic E-state index is 0.631. The van der Waals surface area contributed by atoms with Crippen LogP contribution >= 0.6 is 0 Å². The number of nitrogens with two attached hydrogens (primary N) is 1. The van der Waals surface area contributed by atoms with Crippen molar-refractivity contribution in [2.45, 2.75) is 38.8 Å². The summed E-state index contributed by atoms with van der Waals surface area (Å²) in [6, 6.07) is 8.82. The largest absolute Gasteiger partial charge is 0.382 e. The van der Waals surface area contributed by atoms with Gasteiger partial charge in [0.05, 0.1) is 5.52 Å². The first kappa shape index (κ1) is 12.5. The Hall–Kier alpha value is -1.55. The molecule has 19 heavy (non-hydrogen) atoms. The molecule has 102 valence electrons. The second-order valence-electron chi connectivity index (χ2n) is 5.51. The van der Waals surface area contributed by atoms with Gasteiger partial charge in [0.15, 0.2) is 5.82 Å². The maximum absolute atomic E-state index is 5.96. The lowest BCUT2D eigenvalue weighted by Crippen LogP contribution is -2.31. The summed E-state index contributed by atoms with van der Waals surface area (Å²) in [6.07, 6.45) is 3.83. The van der Waals surface area contributed by atoms with Crippen molar-refractivity contribution < 1.29 is 0 Å². The first-order valence-corrected chi connectivity index (χ1v) is 7.21. The van der Waals surface area contributed by atoms with Gasteiger partial charge in [0, 0.05) is 18.0 Å².